The van der Waals surface area contributed by atoms with Crippen molar-refractivity contribution in [2.75, 3.05) is 0 Å². The lowest BCUT2D eigenvalue weighted by Crippen LogP contribution is -2.29. The number of aryl methyl sites for hydroxylation is 2. The zero-order valence-electron chi connectivity index (χ0n) is 58.0. The first kappa shape index (κ1) is 71.2. The Balaban J connectivity index is 1.74. The Labute approximate surface area is 521 Å². The van der Waals surface area contributed by atoms with E-state index in [1.807, 2.05) is 37.3 Å². The summed E-state index contributed by atoms with van der Waals surface area (Å²) in [4.78, 5) is 13.5. The molecule has 0 aromatic heterocycles. The van der Waals surface area contributed by atoms with E-state index in [9.17, 15) is 4.79 Å². The van der Waals surface area contributed by atoms with Gasteiger partial charge in [-0.25, -0.2) is 0 Å². The molecule has 0 bridgehead atoms. The summed E-state index contributed by atoms with van der Waals surface area (Å²) in [5.74, 6) is 4.47. The molecule has 0 saturated heterocycles. The molecule has 5 aromatic carbocycles. The predicted molar refractivity (Wildman–Crippen MR) is 366 cm³/mol. The Hall–Kier alpha value is -4.57. The van der Waals surface area contributed by atoms with Crippen molar-refractivity contribution in [3.63, 3.8) is 0 Å². The smallest absolute Gasteiger partial charge is 0.309 e. The van der Waals surface area contributed by atoms with Gasteiger partial charge in [0.05, 0.1) is 5.92 Å². The molecule has 85 heavy (non-hydrogen) atoms. The van der Waals surface area contributed by atoms with Crippen molar-refractivity contribution in [2.45, 2.75) is 289 Å². The standard InChI is InChI=1S/C76H114O7P2/c1-27-35-56(30-4)58-40-48(6)42-63(51(58)9)80-75(25,38-28-2)84-82-68-61(72(16,17)18)45-60(71(13,14)15)53(11)66(68)67-54(12)65(79-74(22,23)24)46-62(73(19,20)21)69(67)83-85-76(26,39-29-3)81-64-43-49(7)41-59(52(64)10)57(31-5)44-50(8)70(77)78-47-55-36-33-32-34-37-55/h32-34,36-37,40-43,45-46,50,56-57,84-85H,27-31,35,38-39,44,47H2,1-26H3. The summed E-state index contributed by atoms with van der Waals surface area (Å²) in [5, 5.41) is -1.36. The van der Waals surface area contributed by atoms with Crippen LogP contribution in [0.5, 0.6) is 28.7 Å². The van der Waals surface area contributed by atoms with Crippen LogP contribution in [0.1, 0.15) is 275 Å². The number of ether oxygens (including phenoxy) is 4. The summed E-state index contributed by atoms with van der Waals surface area (Å²) < 4.78 is 43.2. The van der Waals surface area contributed by atoms with E-state index in [1.165, 1.54) is 27.8 Å². The maximum Gasteiger partial charge on any atom is 0.309 e. The lowest BCUT2D eigenvalue weighted by molar-refractivity contribution is -0.149. The molecule has 7 nitrogen and oxygen atoms in total. The average Bonchev–Trinajstić information content (AvgIpc) is 0.957. The highest BCUT2D eigenvalue weighted by atomic mass is 31.1. The van der Waals surface area contributed by atoms with E-state index < -0.39 is 16.3 Å². The Morgan fingerprint density at radius 1 is 0.494 bits per heavy atom. The number of esters is 1. The topological polar surface area (TPSA) is 72.5 Å². The molecule has 5 rings (SSSR count). The second-order valence-electron chi connectivity index (χ2n) is 29.3. The van der Waals surface area contributed by atoms with Crippen molar-refractivity contribution < 1.29 is 32.8 Å². The van der Waals surface area contributed by atoms with Crippen LogP contribution in [0.25, 0.3) is 11.1 Å². The van der Waals surface area contributed by atoms with E-state index in [1.54, 1.807) is 0 Å². The van der Waals surface area contributed by atoms with Gasteiger partial charge in [0.25, 0.3) is 0 Å². The summed E-state index contributed by atoms with van der Waals surface area (Å²) in [6.07, 6.45) is 8.34. The van der Waals surface area contributed by atoms with Crippen LogP contribution >= 0.6 is 17.6 Å². The first-order chi connectivity index (χ1) is 39.4. The van der Waals surface area contributed by atoms with Crippen molar-refractivity contribution in [2.24, 2.45) is 5.92 Å². The highest BCUT2D eigenvalue weighted by molar-refractivity contribution is 7.34. The van der Waals surface area contributed by atoms with Crippen LogP contribution in [0.15, 0.2) is 66.7 Å². The third-order valence-corrected chi connectivity index (χ3v) is 19.0. The van der Waals surface area contributed by atoms with Crippen molar-refractivity contribution in [1.82, 2.24) is 0 Å². The number of carbonyl (C=O) groups excluding carboxylic acids is 1. The van der Waals surface area contributed by atoms with Gasteiger partial charge in [0, 0.05) is 27.8 Å². The van der Waals surface area contributed by atoms with Crippen molar-refractivity contribution in [3.05, 3.63) is 133 Å². The Kier molecular flexibility index (Phi) is 24.4. The SMILES string of the molecule is CCCC(CC)c1cc(C)cc(OC(C)(CCC)POc2c(C(C)(C)C)cc(C(C)(C)C)c(C)c2-c2c(C)c(OC(C)(C)C)cc(C(C)(C)C)c2OPC(C)(CCC)Oc2cc(C)cc(C(CC)CC(C)C(=O)OCc3ccccc3)c2C)c1C. The maximum absolute atomic E-state index is 13.5. The molecule has 0 N–H and O–H groups in total. The fourth-order valence-electron chi connectivity index (χ4n) is 12.2. The van der Waals surface area contributed by atoms with Gasteiger partial charge < -0.3 is 28.0 Å². The van der Waals surface area contributed by atoms with Gasteiger partial charge >= 0.3 is 5.97 Å². The molecule has 0 aliphatic carbocycles. The fourth-order valence-corrected chi connectivity index (χ4v) is 14.3. The van der Waals surface area contributed by atoms with E-state index in [0.717, 1.165) is 130 Å². The zero-order chi connectivity index (χ0) is 63.8. The molecular formula is C76H114O7P2. The summed E-state index contributed by atoms with van der Waals surface area (Å²) in [7, 11) is -0.135. The average molecular weight is 1200 g/mol. The molecule has 0 heterocycles. The second kappa shape index (κ2) is 29.2. The molecule has 5 aromatic rings. The van der Waals surface area contributed by atoms with Gasteiger partial charge in [-0.05, 0) is 211 Å². The normalized spacial score (nSPS) is 15.2. The van der Waals surface area contributed by atoms with Crippen LogP contribution in [0.4, 0.5) is 0 Å². The van der Waals surface area contributed by atoms with Crippen LogP contribution in [0.3, 0.4) is 0 Å². The van der Waals surface area contributed by atoms with E-state index in [4.69, 9.17) is 28.0 Å². The van der Waals surface area contributed by atoms with Crippen molar-refractivity contribution in [1.29, 1.82) is 0 Å². The second-order valence-corrected chi connectivity index (χ2v) is 32.2. The Bertz CT molecular complexity index is 3040. The summed E-state index contributed by atoms with van der Waals surface area (Å²) in [6.45, 7) is 58.4. The molecule has 0 saturated carbocycles. The van der Waals surface area contributed by atoms with Gasteiger partial charge in [0.1, 0.15) is 58.6 Å². The fraction of sp³-hybridized carbons (Fsp3) is 0.592. The van der Waals surface area contributed by atoms with E-state index >= 15 is 0 Å². The summed E-state index contributed by atoms with van der Waals surface area (Å²) >= 11 is 0. The van der Waals surface area contributed by atoms with Gasteiger partial charge in [0.2, 0.25) is 0 Å². The lowest BCUT2D eigenvalue weighted by Gasteiger charge is -2.37. The van der Waals surface area contributed by atoms with Gasteiger partial charge in [0.15, 0.2) is 10.7 Å². The van der Waals surface area contributed by atoms with Crippen LogP contribution in [0, 0.1) is 47.5 Å². The number of benzene rings is 5. The molecule has 7 atom stereocenters. The highest BCUT2D eigenvalue weighted by Gasteiger charge is 2.39. The molecular weight excluding hydrogens is 1090 g/mol. The van der Waals surface area contributed by atoms with Crippen LogP contribution in [0.2, 0.25) is 0 Å². The monoisotopic (exact) mass is 1200 g/mol. The third-order valence-electron chi connectivity index (χ3n) is 16.8. The number of carbonyl (C=O) groups is 1. The molecule has 7 unspecified atom stereocenters. The van der Waals surface area contributed by atoms with Crippen LogP contribution < -0.4 is 23.3 Å². The summed E-state index contributed by atoms with van der Waals surface area (Å²) in [6, 6.07) is 23.6. The molecule has 0 aliphatic rings. The van der Waals surface area contributed by atoms with Gasteiger partial charge in [-0.3, -0.25) is 4.79 Å². The van der Waals surface area contributed by atoms with E-state index in [0.29, 0.717) is 12.3 Å². The summed E-state index contributed by atoms with van der Waals surface area (Å²) in [5.41, 5.74) is 14.5. The third kappa shape index (κ3) is 18.5. The van der Waals surface area contributed by atoms with E-state index in [2.05, 4.69) is 209 Å². The minimum Gasteiger partial charge on any atom is -0.488 e. The van der Waals surface area contributed by atoms with Crippen molar-refractivity contribution >= 4 is 23.6 Å². The van der Waals surface area contributed by atoms with Crippen LogP contribution in [-0.4, -0.2) is 22.3 Å². The first-order valence-electron chi connectivity index (χ1n) is 32.2. The molecule has 0 aliphatic heterocycles. The number of hydrogen-bond donors (Lipinski definition) is 0. The Morgan fingerprint density at radius 2 is 0.929 bits per heavy atom. The minimum atomic E-state index is -0.720. The lowest BCUT2D eigenvalue weighted by atomic mass is 9.74. The molecule has 0 fully saturated rings. The highest BCUT2D eigenvalue weighted by Crippen LogP contribution is 2.57. The maximum atomic E-state index is 13.5. The van der Waals surface area contributed by atoms with Gasteiger partial charge in [-0.1, -0.05) is 172 Å². The number of hydrogen-bond acceptors (Lipinski definition) is 7. The molecule has 0 radical (unpaired) electrons. The van der Waals surface area contributed by atoms with Gasteiger partial charge in [-0.15, -0.1) is 0 Å². The molecule has 470 valence electrons. The first-order valence-corrected chi connectivity index (χ1v) is 34.0. The largest absolute Gasteiger partial charge is 0.488 e. The zero-order valence-corrected chi connectivity index (χ0v) is 60.0. The van der Waals surface area contributed by atoms with E-state index in [-0.39, 0.29) is 58.3 Å². The quantitative estimate of drug-likeness (QED) is 0.0383. The molecule has 0 spiro atoms. The molecule has 9 heteroatoms. The van der Waals surface area contributed by atoms with Crippen LogP contribution in [-0.2, 0) is 32.4 Å². The minimum absolute atomic E-state index is 0.0387. The predicted octanol–water partition coefficient (Wildman–Crippen LogP) is 23.0. The Morgan fingerprint density at radius 3 is 1.35 bits per heavy atom. The molecule has 0 amide bonds. The van der Waals surface area contributed by atoms with Gasteiger partial charge in [-0.2, -0.15) is 0 Å². The van der Waals surface area contributed by atoms with Crippen molar-refractivity contribution in [3.8, 4) is 39.9 Å². The number of rotatable bonds is 27.